The van der Waals surface area contributed by atoms with E-state index in [2.05, 4.69) is 5.32 Å². The molecule has 0 saturated carbocycles. The van der Waals surface area contributed by atoms with Crippen LogP contribution in [0.5, 0.6) is 0 Å². The van der Waals surface area contributed by atoms with Crippen LogP contribution in [0.2, 0.25) is 5.02 Å². The normalized spacial score (nSPS) is 12.0. The van der Waals surface area contributed by atoms with Gasteiger partial charge in [0.25, 0.3) is 0 Å². The highest BCUT2D eigenvalue weighted by molar-refractivity contribution is 7.92. The number of likely N-dealkylation sites (N-methyl/N-ethyl adjacent to an activating group) is 1. The van der Waals surface area contributed by atoms with Crippen molar-refractivity contribution in [2.45, 2.75) is 25.9 Å². The number of sulfonamides is 1. The van der Waals surface area contributed by atoms with Crippen molar-refractivity contribution in [3.63, 3.8) is 0 Å². The summed E-state index contributed by atoms with van der Waals surface area (Å²) in [6.07, 6.45) is 1.19. The summed E-state index contributed by atoms with van der Waals surface area (Å²) in [5.74, 6) is -1.48. The number of anilines is 1. The Labute approximate surface area is 221 Å². The third kappa shape index (κ3) is 8.03. The molecule has 1 atom stereocenters. The number of hydrogen-bond donors (Lipinski definition) is 1. The molecule has 0 saturated heterocycles. The summed E-state index contributed by atoms with van der Waals surface area (Å²) in [5, 5.41) is 3.31. The molecular weight excluding hydrogens is 517 g/mol. The van der Waals surface area contributed by atoms with Gasteiger partial charge in [-0.2, -0.15) is 0 Å². The molecule has 0 aliphatic heterocycles. The summed E-state index contributed by atoms with van der Waals surface area (Å²) in [6, 6.07) is 20.0. The molecule has 37 heavy (non-hydrogen) atoms. The second kappa shape index (κ2) is 12.7. The summed E-state index contributed by atoms with van der Waals surface area (Å²) in [7, 11) is -3.91. The number of amides is 2. The van der Waals surface area contributed by atoms with E-state index < -0.39 is 34.3 Å². The minimum absolute atomic E-state index is 0.0473. The monoisotopic (exact) mass is 545 g/mol. The first kappa shape index (κ1) is 28.1. The lowest BCUT2D eigenvalue weighted by Crippen LogP contribution is -2.53. The van der Waals surface area contributed by atoms with Crippen molar-refractivity contribution in [1.82, 2.24) is 10.2 Å². The largest absolute Gasteiger partial charge is 0.355 e. The average Bonchev–Trinajstić information content (AvgIpc) is 2.86. The first-order valence-corrected chi connectivity index (χ1v) is 13.9. The van der Waals surface area contributed by atoms with Crippen LogP contribution in [-0.2, 0) is 32.6 Å². The predicted octanol–water partition coefficient (Wildman–Crippen LogP) is 4.02. The van der Waals surface area contributed by atoms with E-state index in [0.717, 1.165) is 28.3 Å². The van der Waals surface area contributed by atoms with E-state index >= 15 is 0 Å². The van der Waals surface area contributed by atoms with Gasteiger partial charge >= 0.3 is 0 Å². The van der Waals surface area contributed by atoms with Gasteiger partial charge in [0.1, 0.15) is 18.4 Å². The van der Waals surface area contributed by atoms with Gasteiger partial charge in [-0.3, -0.25) is 13.9 Å². The summed E-state index contributed by atoms with van der Waals surface area (Å²) < 4.78 is 39.7. The molecule has 3 aromatic carbocycles. The number of carbonyl (C=O) groups excluding carboxylic acids is 2. The van der Waals surface area contributed by atoms with Crippen LogP contribution in [0.1, 0.15) is 18.1 Å². The molecule has 196 valence electrons. The fourth-order valence-electron chi connectivity index (χ4n) is 3.85. The molecule has 0 fully saturated rings. The zero-order valence-corrected chi connectivity index (χ0v) is 22.2. The lowest BCUT2D eigenvalue weighted by atomic mass is 10.0. The van der Waals surface area contributed by atoms with Crippen molar-refractivity contribution in [1.29, 1.82) is 0 Å². The summed E-state index contributed by atoms with van der Waals surface area (Å²) in [6.45, 7) is 1.62. The molecule has 3 rings (SSSR count). The van der Waals surface area contributed by atoms with Gasteiger partial charge in [-0.25, -0.2) is 12.8 Å². The Kier molecular flexibility index (Phi) is 9.66. The molecular formula is C27H29ClFN3O4S. The summed E-state index contributed by atoms with van der Waals surface area (Å²) in [4.78, 5) is 28.4. The number of nitrogens with one attached hydrogen (secondary N) is 1. The van der Waals surface area contributed by atoms with Crippen molar-refractivity contribution >= 4 is 39.1 Å². The quantitative estimate of drug-likeness (QED) is 0.394. The Hall–Kier alpha value is -3.43. The number of rotatable bonds is 11. The van der Waals surface area contributed by atoms with Crippen molar-refractivity contribution in [3.05, 3.63) is 101 Å². The van der Waals surface area contributed by atoms with E-state index in [1.165, 1.54) is 17.0 Å². The van der Waals surface area contributed by atoms with Gasteiger partial charge in [0, 0.05) is 24.5 Å². The van der Waals surface area contributed by atoms with Crippen molar-refractivity contribution < 1.29 is 22.4 Å². The lowest BCUT2D eigenvalue weighted by Gasteiger charge is -2.33. The maximum atomic E-state index is 13.8. The fraction of sp³-hybridized carbons (Fsp3) is 0.259. The van der Waals surface area contributed by atoms with Crippen molar-refractivity contribution in [2.75, 3.05) is 23.7 Å². The number of carbonyl (C=O) groups is 2. The van der Waals surface area contributed by atoms with E-state index in [4.69, 9.17) is 11.6 Å². The van der Waals surface area contributed by atoms with Crippen molar-refractivity contribution in [3.8, 4) is 0 Å². The molecule has 0 aliphatic carbocycles. The van der Waals surface area contributed by atoms with Crippen LogP contribution in [0.4, 0.5) is 10.1 Å². The first-order valence-electron chi connectivity index (χ1n) is 11.7. The van der Waals surface area contributed by atoms with E-state index in [0.29, 0.717) is 17.1 Å². The van der Waals surface area contributed by atoms with Crippen molar-refractivity contribution in [2.24, 2.45) is 0 Å². The Morgan fingerprint density at radius 3 is 2.14 bits per heavy atom. The van der Waals surface area contributed by atoms with Gasteiger partial charge < -0.3 is 10.2 Å². The molecule has 3 aromatic rings. The molecule has 0 spiro atoms. The first-order chi connectivity index (χ1) is 17.6. The molecule has 7 nitrogen and oxygen atoms in total. The minimum Gasteiger partial charge on any atom is -0.355 e. The zero-order valence-electron chi connectivity index (χ0n) is 20.6. The van der Waals surface area contributed by atoms with Crippen LogP contribution in [0.25, 0.3) is 0 Å². The molecule has 10 heteroatoms. The number of hydrogen-bond acceptors (Lipinski definition) is 4. The van der Waals surface area contributed by atoms with E-state index in [-0.39, 0.29) is 24.6 Å². The third-order valence-corrected chi connectivity index (χ3v) is 7.07. The van der Waals surface area contributed by atoms with Crippen LogP contribution in [0, 0.1) is 5.82 Å². The number of nitrogens with zero attached hydrogens (tertiary/aromatic N) is 2. The second-order valence-corrected chi connectivity index (χ2v) is 10.8. The van der Waals surface area contributed by atoms with Crippen LogP contribution in [-0.4, -0.2) is 50.5 Å². The molecule has 0 aliphatic rings. The van der Waals surface area contributed by atoms with Gasteiger partial charge in [-0.05, 0) is 54.4 Å². The Morgan fingerprint density at radius 2 is 1.57 bits per heavy atom. The molecule has 0 bridgehead atoms. The van der Waals surface area contributed by atoms with Gasteiger partial charge in [0.2, 0.25) is 21.8 Å². The topological polar surface area (TPSA) is 86.8 Å². The maximum Gasteiger partial charge on any atom is 0.244 e. The SMILES string of the molecule is CCNC(=O)[C@H](Cc1ccccc1)N(Cc1ccc(Cl)cc1)C(=O)CN(c1ccc(F)cc1)S(C)(=O)=O. The van der Waals surface area contributed by atoms with Gasteiger partial charge in [0.15, 0.2) is 0 Å². The zero-order chi connectivity index (χ0) is 27.0. The third-order valence-electron chi connectivity index (χ3n) is 5.68. The molecule has 0 unspecified atom stereocenters. The number of halogens is 2. The maximum absolute atomic E-state index is 13.8. The van der Waals surface area contributed by atoms with Crippen LogP contribution in [0.3, 0.4) is 0 Å². The predicted molar refractivity (Wildman–Crippen MR) is 143 cm³/mol. The highest BCUT2D eigenvalue weighted by atomic mass is 35.5. The molecule has 0 heterocycles. The van der Waals surface area contributed by atoms with E-state index in [1.54, 1.807) is 31.2 Å². The Balaban J connectivity index is 2.02. The summed E-state index contributed by atoms with van der Waals surface area (Å²) in [5.41, 5.74) is 1.69. The highest BCUT2D eigenvalue weighted by Gasteiger charge is 2.32. The smallest absolute Gasteiger partial charge is 0.244 e. The van der Waals surface area contributed by atoms with Gasteiger partial charge in [0.05, 0.1) is 11.9 Å². The molecule has 2 amide bonds. The van der Waals surface area contributed by atoms with Crippen LogP contribution in [0.15, 0.2) is 78.9 Å². The van der Waals surface area contributed by atoms with E-state index in [1.807, 2.05) is 30.3 Å². The molecule has 0 aromatic heterocycles. The van der Waals surface area contributed by atoms with Gasteiger partial charge in [-0.15, -0.1) is 0 Å². The Morgan fingerprint density at radius 1 is 0.946 bits per heavy atom. The second-order valence-electron chi connectivity index (χ2n) is 8.49. The molecule has 0 radical (unpaired) electrons. The number of benzene rings is 3. The fourth-order valence-corrected chi connectivity index (χ4v) is 4.83. The van der Waals surface area contributed by atoms with E-state index in [9.17, 15) is 22.4 Å². The average molecular weight is 546 g/mol. The standard InChI is InChI=1S/C27H29ClFN3O4S/c1-3-30-27(34)25(17-20-7-5-4-6-8-20)31(18-21-9-11-22(28)12-10-21)26(33)19-32(37(2,35)36)24-15-13-23(29)14-16-24/h4-16,25H,3,17-19H2,1-2H3,(H,30,34)/t25-/m0/s1. The molecule has 1 N–H and O–H groups in total. The minimum atomic E-state index is -3.91. The lowest BCUT2D eigenvalue weighted by molar-refractivity contribution is -0.140. The van der Waals surface area contributed by atoms with Crippen LogP contribution < -0.4 is 9.62 Å². The van der Waals surface area contributed by atoms with Crippen LogP contribution >= 0.6 is 11.6 Å². The Bertz CT molecular complexity index is 1300. The summed E-state index contributed by atoms with van der Waals surface area (Å²) >= 11 is 6.03. The van der Waals surface area contributed by atoms with Gasteiger partial charge in [-0.1, -0.05) is 54.1 Å². The highest BCUT2D eigenvalue weighted by Crippen LogP contribution is 2.21.